The molecular formula is C15H10N6O2. The van der Waals surface area contributed by atoms with Crippen LogP contribution in [0.3, 0.4) is 0 Å². The minimum absolute atomic E-state index is 0.140. The molecule has 4 aromatic rings. The van der Waals surface area contributed by atoms with Crippen molar-refractivity contribution in [3.8, 4) is 11.1 Å². The quantitative estimate of drug-likeness (QED) is 0.601. The van der Waals surface area contributed by atoms with Gasteiger partial charge in [-0.1, -0.05) is 0 Å². The zero-order chi connectivity index (χ0) is 15.6. The van der Waals surface area contributed by atoms with Gasteiger partial charge in [-0.25, -0.2) is 9.97 Å². The fraction of sp³-hybridized carbons (Fsp3) is 0. The Bertz CT molecular complexity index is 962. The van der Waals surface area contributed by atoms with E-state index < -0.39 is 0 Å². The largest absolute Gasteiger partial charge is 0.472 e. The van der Waals surface area contributed by atoms with Crippen LogP contribution in [0.4, 0.5) is 5.95 Å². The highest BCUT2D eigenvalue weighted by Crippen LogP contribution is 2.28. The summed E-state index contributed by atoms with van der Waals surface area (Å²) in [6.07, 6.45) is 9.43. The van der Waals surface area contributed by atoms with E-state index in [1.165, 1.54) is 18.6 Å². The monoisotopic (exact) mass is 306 g/mol. The SMILES string of the molecule is O=C(Nc1nccnn1)c1cnc2[nH]cc(-c3ccoc3)c2c1. The Morgan fingerprint density at radius 3 is 3.00 bits per heavy atom. The molecule has 4 rings (SSSR count). The van der Waals surface area contributed by atoms with Gasteiger partial charge < -0.3 is 9.40 Å². The van der Waals surface area contributed by atoms with Gasteiger partial charge in [0.2, 0.25) is 5.95 Å². The van der Waals surface area contributed by atoms with Gasteiger partial charge >= 0.3 is 0 Å². The van der Waals surface area contributed by atoms with E-state index >= 15 is 0 Å². The molecule has 1 amide bonds. The summed E-state index contributed by atoms with van der Waals surface area (Å²) in [5.41, 5.74) is 2.91. The van der Waals surface area contributed by atoms with Gasteiger partial charge in [0, 0.05) is 28.9 Å². The van der Waals surface area contributed by atoms with Crippen molar-refractivity contribution >= 4 is 22.9 Å². The van der Waals surface area contributed by atoms with Crippen LogP contribution in [-0.4, -0.2) is 31.1 Å². The van der Waals surface area contributed by atoms with E-state index in [2.05, 4.69) is 30.5 Å². The number of amides is 1. The lowest BCUT2D eigenvalue weighted by molar-refractivity contribution is 0.102. The summed E-state index contributed by atoms with van der Waals surface area (Å²) in [5, 5.41) is 10.8. The average Bonchev–Trinajstić information content (AvgIpc) is 3.24. The highest BCUT2D eigenvalue weighted by Gasteiger charge is 2.13. The van der Waals surface area contributed by atoms with Gasteiger partial charge in [0.05, 0.1) is 30.5 Å². The Hall–Kier alpha value is -3.55. The average molecular weight is 306 g/mol. The second-order valence-corrected chi connectivity index (χ2v) is 4.75. The van der Waals surface area contributed by atoms with Gasteiger partial charge in [0.1, 0.15) is 5.65 Å². The van der Waals surface area contributed by atoms with Crippen molar-refractivity contribution in [2.24, 2.45) is 0 Å². The van der Waals surface area contributed by atoms with E-state index in [-0.39, 0.29) is 11.9 Å². The molecule has 0 saturated carbocycles. The Labute approximate surface area is 129 Å². The lowest BCUT2D eigenvalue weighted by Gasteiger charge is -2.03. The first kappa shape index (κ1) is 13.1. The first-order chi connectivity index (χ1) is 11.3. The smallest absolute Gasteiger partial charge is 0.259 e. The van der Waals surface area contributed by atoms with Crippen LogP contribution in [0.5, 0.6) is 0 Å². The summed E-state index contributed by atoms with van der Waals surface area (Å²) in [6.45, 7) is 0. The lowest BCUT2D eigenvalue weighted by atomic mass is 10.1. The van der Waals surface area contributed by atoms with E-state index in [0.717, 1.165) is 16.5 Å². The van der Waals surface area contributed by atoms with Crippen LogP contribution in [0, 0.1) is 0 Å². The number of hydrogen-bond acceptors (Lipinski definition) is 6. The van der Waals surface area contributed by atoms with Crippen molar-refractivity contribution in [1.29, 1.82) is 0 Å². The van der Waals surface area contributed by atoms with Crippen molar-refractivity contribution in [2.75, 3.05) is 5.32 Å². The minimum Gasteiger partial charge on any atom is -0.472 e. The molecular weight excluding hydrogens is 296 g/mol. The zero-order valence-corrected chi connectivity index (χ0v) is 11.7. The van der Waals surface area contributed by atoms with Crippen molar-refractivity contribution in [1.82, 2.24) is 25.1 Å². The number of hydrogen-bond donors (Lipinski definition) is 2. The molecule has 0 radical (unpaired) electrons. The van der Waals surface area contributed by atoms with E-state index in [0.29, 0.717) is 11.2 Å². The molecule has 0 saturated heterocycles. The standard InChI is InChI=1S/C15H10N6O2/c22-14(20-15-16-2-3-19-21-15)10-5-11-12(9-1-4-23-8-9)7-18-13(11)17-6-10/h1-8H,(H,17,18)(H,16,20,21,22). The molecule has 4 heterocycles. The van der Waals surface area contributed by atoms with Crippen LogP contribution in [0.25, 0.3) is 22.2 Å². The predicted octanol–water partition coefficient (Wildman–Crippen LogP) is 2.26. The first-order valence-corrected chi connectivity index (χ1v) is 6.76. The normalized spacial score (nSPS) is 10.8. The third-order valence-corrected chi connectivity index (χ3v) is 3.33. The van der Waals surface area contributed by atoms with Gasteiger partial charge in [0.15, 0.2) is 0 Å². The highest BCUT2D eigenvalue weighted by molar-refractivity contribution is 6.06. The van der Waals surface area contributed by atoms with Gasteiger partial charge in [-0.05, 0) is 12.1 Å². The number of aromatic amines is 1. The van der Waals surface area contributed by atoms with E-state index in [9.17, 15) is 4.79 Å². The van der Waals surface area contributed by atoms with Gasteiger partial charge in [0.25, 0.3) is 5.91 Å². The number of nitrogens with zero attached hydrogens (tertiary/aromatic N) is 4. The number of anilines is 1. The fourth-order valence-corrected chi connectivity index (χ4v) is 2.26. The van der Waals surface area contributed by atoms with Crippen LogP contribution in [0.15, 0.2) is 53.9 Å². The molecule has 2 N–H and O–H groups in total. The van der Waals surface area contributed by atoms with Crippen molar-refractivity contribution in [2.45, 2.75) is 0 Å². The number of H-pyrrole nitrogens is 1. The maximum Gasteiger partial charge on any atom is 0.259 e. The molecule has 0 aliphatic rings. The second-order valence-electron chi connectivity index (χ2n) is 4.75. The molecule has 112 valence electrons. The number of aromatic nitrogens is 5. The van der Waals surface area contributed by atoms with Crippen LogP contribution < -0.4 is 5.32 Å². The third kappa shape index (κ3) is 2.42. The molecule has 0 bridgehead atoms. The topological polar surface area (TPSA) is 110 Å². The molecule has 4 aromatic heterocycles. The van der Waals surface area contributed by atoms with Crippen LogP contribution >= 0.6 is 0 Å². The summed E-state index contributed by atoms with van der Waals surface area (Å²) >= 11 is 0. The van der Waals surface area contributed by atoms with Crippen molar-refractivity contribution in [3.05, 3.63) is 55.0 Å². The number of fused-ring (bicyclic) bond motifs is 1. The third-order valence-electron chi connectivity index (χ3n) is 3.33. The fourth-order valence-electron chi connectivity index (χ4n) is 2.26. The first-order valence-electron chi connectivity index (χ1n) is 6.76. The molecule has 0 aromatic carbocycles. The number of rotatable bonds is 3. The maximum absolute atomic E-state index is 12.3. The second kappa shape index (κ2) is 5.34. The van der Waals surface area contributed by atoms with Crippen LogP contribution in [0.2, 0.25) is 0 Å². The molecule has 8 heteroatoms. The lowest BCUT2D eigenvalue weighted by Crippen LogP contribution is -2.14. The summed E-state index contributed by atoms with van der Waals surface area (Å²) in [6, 6.07) is 3.60. The maximum atomic E-state index is 12.3. The molecule has 0 aliphatic heterocycles. The van der Waals surface area contributed by atoms with Gasteiger partial charge in [-0.2, -0.15) is 5.10 Å². The Kier molecular flexibility index (Phi) is 3.05. The van der Waals surface area contributed by atoms with E-state index in [1.807, 2.05) is 12.3 Å². The van der Waals surface area contributed by atoms with Crippen molar-refractivity contribution < 1.29 is 9.21 Å². The number of carbonyl (C=O) groups is 1. The number of furan rings is 1. The number of nitrogens with one attached hydrogen (secondary N) is 2. The summed E-state index contributed by atoms with van der Waals surface area (Å²) in [5.74, 6) is -0.214. The Morgan fingerprint density at radius 2 is 2.22 bits per heavy atom. The minimum atomic E-state index is -0.355. The number of pyridine rings is 1. The molecule has 0 fully saturated rings. The molecule has 0 atom stereocenters. The molecule has 23 heavy (non-hydrogen) atoms. The summed E-state index contributed by atoms with van der Waals surface area (Å²) in [7, 11) is 0. The van der Waals surface area contributed by atoms with Gasteiger partial charge in [-0.3, -0.25) is 10.1 Å². The molecule has 8 nitrogen and oxygen atoms in total. The predicted molar refractivity (Wildman–Crippen MR) is 81.6 cm³/mol. The number of carbonyl (C=O) groups excluding carboxylic acids is 1. The zero-order valence-electron chi connectivity index (χ0n) is 11.7. The van der Waals surface area contributed by atoms with Crippen molar-refractivity contribution in [3.63, 3.8) is 0 Å². The highest BCUT2D eigenvalue weighted by atomic mass is 16.3. The summed E-state index contributed by atoms with van der Waals surface area (Å²) in [4.78, 5) is 23.5. The van der Waals surface area contributed by atoms with Crippen LogP contribution in [0.1, 0.15) is 10.4 Å². The molecule has 0 unspecified atom stereocenters. The molecule has 0 spiro atoms. The van der Waals surface area contributed by atoms with Gasteiger partial charge in [-0.15, -0.1) is 5.10 Å². The van der Waals surface area contributed by atoms with Crippen LogP contribution in [-0.2, 0) is 0 Å². The van der Waals surface area contributed by atoms with E-state index in [1.54, 1.807) is 18.6 Å². The Balaban J connectivity index is 1.71. The summed E-state index contributed by atoms with van der Waals surface area (Å²) < 4.78 is 5.11. The molecule has 0 aliphatic carbocycles. The van der Waals surface area contributed by atoms with E-state index in [4.69, 9.17) is 4.42 Å². The Morgan fingerprint density at radius 1 is 1.26 bits per heavy atom.